The number of hydrogen-bond donors (Lipinski definition) is 4. The van der Waals surface area contributed by atoms with Gasteiger partial charge >= 0.3 is 0 Å². The molecule has 0 radical (unpaired) electrons. The molecule has 7 heteroatoms. The van der Waals surface area contributed by atoms with Crippen LogP contribution in [0.4, 0.5) is 0 Å². The van der Waals surface area contributed by atoms with Gasteiger partial charge in [0.15, 0.2) is 0 Å². The Kier molecular flexibility index (Phi) is 4.97. The molecule has 1 saturated carbocycles. The van der Waals surface area contributed by atoms with Crippen LogP contribution in [0.25, 0.3) is 0 Å². The molecule has 1 aromatic rings. The summed E-state index contributed by atoms with van der Waals surface area (Å²) in [5.74, 6) is -0.797. The van der Waals surface area contributed by atoms with Crippen LogP contribution >= 0.6 is 12.4 Å². The van der Waals surface area contributed by atoms with Crippen molar-refractivity contribution in [3.63, 3.8) is 0 Å². The highest BCUT2D eigenvalue weighted by Crippen LogP contribution is 2.28. The molecule has 1 aliphatic carbocycles. The van der Waals surface area contributed by atoms with Crippen molar-refractivity contribution in [2.75, 3.05) is 6.54 Å². The summed E-state index contributed by atoms with van der Waals surface area (Å²) < 4.78 is 0. The van der Waals surface area contributed by atoms with Crippen LogP contribution in [0.3, 0.4) is 0 Å². The minimum Gasteiger partial charge on any atom is -0.366 e. The van der Waals surface area contributed by atoms with Crippen LogP contribution in [-0.4, -0.2) is 28.9 Å². The fourth-order valence-electron chi connectivity index (χ4n) is 2.41. The highest BCUT2D eigenvalue weighted by Gasteiger charge is 2.34. The lowest BCUT2D eigenvalue weighted by molar-refractivity contribution is 0.0898. The van der Waals surface area contributed by atoms with Crippen LogP contribution in [0.1, 0.15) is 46.5 Å². The molecule has 0 bridgehead atoms. The number of H-pyrrole nitrogens is 1. The number of nitrogens with one attached hydrogen (secondary N) is 2. The Morgan fingerprint density at radius 2 is 2.00 bits per heavy atom. The van der Waals surface area contributed by atoms with Gasteiger partial charge in [-0.05, 0) is 18.9 Å². The number of primary amides is 1. The summed E-state index contributed by atoms with van der Waals surface area (Å²) in [5, 5.41) is 2.96. The summed E-state index contributed by atoms with van der Waals surface area (Å²) in [6.07, 6.45) is 5.39. The van der Waals surface area contributed by atoms with Gasteiger partial charge in [-0.15, -0.1) is 12.4 Å². The predicted molar refractivity (Wildman–Crippen MR) is 74.3 cm³/mol. The second kappa shape index (κ2) is 6.08. The maximum Gasteiger partial charge on any atom is 0.268 e. The van der Waals surface area contributed by atoms with E-state index in [-0.39, 0.29) is 23.9 Å². The van der Waals surface area contributed by atoms with Crippen LogP contribution in [0, 0.1) is 0 Å². The first-order valence-corrected chi connectivity index (χ1v) is 6.07. The third-order valence-electron chi connectivity index (χ3n) is 3.54. The molecule has 6 N–H and O–H groups in total. The van der Waals surface area contributed by atoms with Gasteiger partial charge < -0.3 is 21.8 Å². The van der Waals surface area contributed by atoms with Crippen molar-refractivity contribution < 1.29 is 9.59 Å². The molecule has 2 rings (SSSR count). The maximum absolute atomic E-state index is 12.1. The summed E-state index contributed by atoms with van der Waals surface area (Å²) >= 11 is 0. The fourth-order valence-corrected chi connectivity index (χ4v) is 2.41. The Balaban J connectivity index is 0.00000180. The van der Waals surface area contributed by atoms with Crippen molar-refractivity contribution in [2.24, 2.45) is 11.5 Å². The molecule has 1 aliphatic rings. The van der Waals surface area contributed by atoms with E-state index in [1.807, 2.05) is 0 Å². The quantitative estimate of drug-likeness (QED) is 0.647. The highest BCUT2D eigenvalue weighted by molar-refractivity contribution is 5.98. The fraction of sp³-hybridized carbons (Fsp3) is 0.500. The Hall–Kier alpha value is -1.53. The number of carbonyl (C=O) groups is 2. The van der Waals surface area contributed by atoms with Gasteiger partial charge in [0.25, 0.3) is 5.91 Å². The maximum atomic E-state index is 12.1. The Morgan fingerprint density at radius 1 is 1.37 bits per heavy atom. The number of carbonyl (C=O) groups excluding carboxylic acids is 2. The standard InChI is InChI=1S/C12H18N4O2.ClH/c13-7-12(3-1-2-4-12)16-11(18)9-5-8(6-15-9)10(14)17;/h5-6,15H,1-4,7,13H2,(H2,14,17)(H,16,18);1H. The van der Waals surface area contributed by atoms with Crippen LogP contribution in [-0.2, 0) is 0 Å². The minimum absolute atomic E-state index is 0. The van der Waals surface area contributed by atoms with Crippen molar-refractivity contribution >= 4 is 24.2 Å². The minimum atomic E-state index is -0.556. The normalized spacial score (nSPS) is 16.7. The summed E-state index contributed by atoms with van der Waals surface area (Å²) in [5.41, 5.74) is 11.2. The number of amides is 2. The first kappa shape index (κ1) is 15.5. The Morgan fingerprint density at radius 3 is 2.47 bits per heavy atom. The smallest absolute Gasteiger partial charge is 0.268 e. The van der Waals surface area contributed by atoms with E-state index >= 15 is 0 Å². The van der Waals surface area contributed by atoms with Crippen molar-refractivity contribution in [3.8, 4) is 0 Å². The number of rotatable bonds is 4. The van der Waals surface area contributed by atoms with E-state index in [0.29, 0.717) is 17.8 Å². The lowest BCUT2D eigenvalue weighted by atomic mass is 9.97. The molecule has 1 aromatic heterocycles. The molecule has 0 spiro atoms. The van der Waals surface area contributed by atoms with Crippen LogP contribution in [0.15, 0.2) is 12.3 Å². The molecule has 0 atom stereocenters. The van der Waals surface area contributed by atoms with Gasteiger partial charge in [-0.2, -0.15) is 0 Å². The van der Waals surface area contributed by atoms with E-state index < -0.39 is 5.91 Å². The van der Waals surface area contributed by atoms with Gasteiger partial charge in [0.05, 0.1) is 11.1 Å². The van der Waals surface area contributed by atoms with E-state index in [2.05, 4.69) is 10.3 Å². The lowest BCUT2D eigenvalue weighted by Crippen LogP contribution is -2.51. The third kappa shape index (κ3) is 3.27. The molecule has 106 valence electrons. The summed E-state index contributed by atoms with van der Waals surface area (Å²) in [4.78, 5) is 25.8. The van der Waals surface area contributed by atoms with Gasteiger partial charge in [0.2, 0.25) is 5.91 Å². The van der Waals surface area contributed by atoms with E-state index in [4.69, 9.17) is 11.5 Å². The predicted octanol–water partition coefficient (Wildman–Crippen LogP) is 0.537. The average Bonchev–Trinajstić information content (AvgIpc) is 2.98. The molecular weight excluding hydrogens is 268 g/mol. The van der Waals surface area contributed by atoms with Crippen molar-refractivity contribution in [2.45, 2.75) is 31.2 Å². The van der Waals surface area contributed by atoms with E-state index in [0.717, 1.165) is 25.7 Å². The van der Waals surface area contributed by atoms with Gasteiger partial charge in [0, 0.05) is 12.7 Å². The highest BCUT2D eigenvalue weighted by atomic mass is 35.5. The van der Waals surface area contributed by atoms with E-state index in [1.54, 1.807) is 0 Å². The molecule has 1 fully saturated rings. The molecule has 0 aromatic carbocycles. The third-order valence-corrected chi connectivity index (χ3v) is 3.54. The zero-order valence-corrected chi connectivity index (χ0v) is 11.4. The molecule has 19 heavy (non-hydrogen) atoms. The van der Waals surface area contributed by atoms with E-state index in [1.165, 1.54) is 12.3 Å². The van der Waals surface area contributed by atoms with E-state index in [9.17, 15) is 9.59 Å². The summed E-state index contributed by atoms with van der Waals surface area (Å²) in [6.45, 7) is 0.433. The average molecular weight is 287 g/mol. The van der Waals surface area contributed by atoms with Crippen molar-refractivity contribution in [3.05, 3.63) is 23.5 Å². The summed E-state index contributed by atoms with van der Waals surface area (Å²) in [7, 11) is 0. The molecule has 6 nitrogen and oxygen atoms in total. The first-order valence-electron chi connectivity index (χ1n) is 6.07. The molecule has 2 amide bonds. The molecule has 0 aliphatic heterocycles. The van der Waals surface area contributed by atoms with Crippen molar-refractivity contribution in [1.82, 2.24) is 10.3 Å². The Bertz CT molecular complexity index is 466. The number of aromatic amines is 1. The zero-order valence-electron chi connectivity index (χ0n) is 10.6. The SMILES string of the molecule is Cl.NCC1(NC(=O)c2cc(C(N)=O)c[nH]2)CCCC1. The second-order valence-corrected chi connectivity index (χ2v) is 4.81. The zero-order chi connectivity index (χ0) is 13.2. The lowest BCUT2D eigenvalue weighted by Gasteiger charge is -2.28. The van der Waals surface area contributed by atoms with Gasteiger partial charge in [-0.25, -0.2) is 0 Å². The van der Waals surface area contributed by atoms with Crippen LogP contribution in [0.5, 0.6) is 0 Å². The second-order valence-electron chi connectivity index (χ2n) is 4.81. The Labute approximate surface area is 117 Å². The topological polar surface area (TPSA) is 114 Å². The van der Waals surface area contributed by atoms with Crippen LogP contribution < -0.4 is 16.8 Å². The molecule has 1 heterocycles. The molecular formula is C12H19ClN4O2. The summed E-state index contributed by atoms with van der Waals surface area (Å²) in [6, 6.07) is 1.46. The number of aromatic nitrogens is 1. The number of hydrogen-bond acceptors (Lipinski definition) is 3. The van der Waals surface area contributed by atoms with Gasteiger partial charge in [0.1, 0.15) is 5.69 Å². The van der Waals surface area contributed by atoms with Gasteiger partial charge in [-0.3, -0.25) is 9.59 Å². The molecule has 0 unspecified atom stereocenters. The first-order chi connectivity index (χ1) is 8.56. The van der Waals surface area contributed by atoms with Gasteiger partial charge in [-0.1, -0.05) is 12.8 Å². The van der Waals surface area contributed by atoms with Crippen LogP contribution in [0.2, 0.25) is 0 Å². The largest absolute Gasteiger partial charge is 0.366 e. The monoisotopic (exact) mass is 286 g/mol. The van der Waals surface area contributed by atoms with Crippen molar-refractivity contribution in [1.29, 1.82) is 0 Å². The number of nitrogens with two attached hydrogens (primary N) is 2. The molecule has 0 saturated heterocycles. The number of halogens is 1.